The number of ether oxygens (including phenoxy) is 1. The molecule has 0 fully saturated rings. The molecule has 0 saturated heterocycles. The number of para-hydroxylation sites is 1. The van der Waals surface area contributed by atoms with E-state index in [1.54, 1.807) is 13.3 Å². The number of methoxy groups -OCH3 is 1. The second kappa shape index (κ2) is 7.35. The van der Waals surface area contributed by atoms with Gasteiger partial charge in [0.1, 0.15) is 7.05 Å². The van der Waals surface area contributed by atoms with Crippen LogP contribution >= 0.6 is 0 Å². The Labute approximate surface area is 147 Å². The Balaban J connectivity index is 0.00000176. The molecule has 0 aliphatic heterocycles. The Kier molecular flexibility index (Phi) is 5.49. The molecule has 2 aromatic heterocycles. The van der Waals surface area contributed by atoms with Crippen molar-refractivity contribution in [3.05, 3.63) is 66.0 Å². The summed E-state index contributed by atoms with van der Waals surface area (Å²) in [7, 11) is 3.71. The molecule has 0 amide bonds. The van der Waals surface area contributed by atoms with Crippen molar-refractivity contribution >= 4 is 23.1 Å². The SMILES string of the molecule is COc1ncccc1/C=C/c1ccc2ccccc2[n+]1C.[I-]. The van der Waals surface area contributed by atoms with Crippen LogP contribution in [0.5, 0.6) is 5.88 Å². The Bertz CT molecular complexity index is 815. The van der Waals surface area contributed by atoms with E-state index < -0.39 is 0 Å². The molecule has 22 heavy (non-hydrogen) atoms. The van der Waals surface area contributed by atoms with Crippen LogP contribution in [0.4, 0.5) is 0 Å². The zero-order valence-electron chi connectivity index (χ0n) is 12.5. The zero-order chi connectivity index (χ0) is 14.7. The van der Waals surface area contributed by atoms with Gasteiger partial charge < -0.3 is 28.7 Å². The second-order valence-corrected chi connectivity index (χ2v) is 4.81. The molecular formula is C18H17IN2O. The van der Waals surface area contributed by atoms with E-state index in [2.05, 4.69) is 59.1 Å². The molecule has 0 aliphatic rings. The molecule has 0 bridgehead atoms. The summed E-state index contributed by atoms with van der Waals surface area (Å²) in [6.45, 7) is 0. The number of aromatic nitrogens is 2. The minimum Gasteiger partial charge on any atom is -1.00 e. The van der Waals surface area contributed by atoms with Crippen LogP contribution in [0.25, 0.3) is 23.1 Å². The largest absolute Gasteiger partial charge is 1.00 e. The third kappa shape index (κ3) is 3.27. The number of halogens is 1. The predicted molar refractivity (Wildman–Crippen MR) is 84.8 cm³/mol. The van der Waals surface area contributed by atoms with Gasteiger partial charge in [0.25, 0.3) is 0 Å². The van der Waals surface area contributed by atoms with Gasteiger partial charge in [0.05, 0.1) is 7.11 Å². The maximum Gasteiger partial charge on any atom is 0.220 e. The van der Waals surface area contributed by atoms with E-state index in [4.69, 9.17) is 4.74 Å². The summed E-state index contributed by atoms with van der Waals surface area (Å²) < 4.78 is 7.44. The van der Waals surface area contributed by atoms with Gasteiger partial charge in [-0.05, 0) is 30.3 Å². The molecular weight excluding hydrogens is 387 g/mol. The average molecular weight is 404 g/mol. The first kappa shape index (κ1) is 16.4. The van der Waals surface area contributed by atoms with Crippen LogP contribution in [-0.4, -0.2) is 12.1 Å². The zero-order valence-corrected chi connectivity index (χ0v) is 14.7. The molecule has 3 nitrogen and oxygen atoms in total. The number of rotatable bonds is 3. The second-order valence-electron chi connectivity index (χ2n) is 4.81. The first-order chi connectivity index (χ1) is 10.3. The smallest absolute Gasteiger partial charge is 0.220 e. The summed E-state index contributed by atoms with van der Waals surface area (Å²) >= 11 is 0. The molecule has 0 N–H and O–H groups in total. The Morgan fingerprint density at radius 3 is 2.64 bits per heavy atom. The lowest BCUT2D eigenvalue weighted by Crippen LogP contribution is -3.00. The summed E-state index contributed by atoms with van der Waals surface area (Å²) in [5.41, 5.74) is 3.30. The lowest BCUT2D eigenvalue weighted by molar-refractivity contribution is -0.646. The molecule has 3 rings (SSSR count). The summed E-state index contributed by atoms with van der Waals surface area (Å²) in [6, 6.07) is 16.5. The van der Waals surface area contributed by atoms with E-state index in [0.717, 1.165) is 11.3 Å². The monoisotopic (exact) mass is 404 g/mol. The number of benzene rings is 1. The lowest BCUT2D eigenvalue weighted by Gasteiger charge is -2.02. The number of fused-ring (bicyclic) bond motifs is 1. The minimum absolute atomic E-state index is 0. The lowest BCUT2D eigenvalue weighted by atomic mass is 10.1. The van der Waals surface area contributed by atoms with Crippen molar-refractivity contribution in [2.24, 2.45) is 7.05 Å². The molecule has 0 radical (unpaired) electrons. The minimum atomic E-state index is 0. The van der Waals surface area contributed by atoms with Crippen LogP contribution in [0, 0.1) is 0 Å². The molecule has 1 aromatic carbocycles. The fourth-order valence-corrected chi connectivity index (χ4v) is 2.40. The maximum absolute atomic E-state index is 5.27. The molecule has 0 spiro atoms. The van der Waals surface area contributed by atoms with Gasteiger partial charge in [-0.2, -0.15) is 4.57 Å². The molecule has 112 valence electrons. The highest BCUT2D eigenvalue weighted by Crippen LogP contribution is 2.17. The number of nitrogens with zero attached hydrogens (tertiary/aromatic N) is 2. The number of aryl methyl sites for hydroxylation is 1. The maximum atomic E-state index is 5.27. The standard InChI is InChI=1S/C18H17N2O.HI/c1-20-16(11-9-14-6-3-4-8-17(14)20)12-10-15-7-5-13-19-18(15)21-2;/h3-13H,1-2H3;1H/q+1;/p-1. The highest BCUT2D eigenvalue weighted by atomic mass is 127. The highest BCUT2D eigenvalue weighted by Gasteiger charge is 2.08. The van der Waals surface area contributed by atoms with Crippen LogP contribution < -0.4 is 33.3 Å². The molecule has 0 aliphatic carbocycles. The number of pyridine rings is 2. The van der Waals surface area contributed by atoms with Crippen molar-refractivity contribution in [2.75, 3.05) is 7.11 Å². The van der Waals surface area contributed by atoms with Gasteiger partial charge in [0.15, 0.2) is 0 Å². The van der Waals surface area contributed by atoms with Crippen molar-refractivity contribution in [3.8, 4) is 5.88 Å². The van der Waals surface area contributed by atoms with Crippen molar-refractivity contribution < 1.29 is 33.3 Å². The van der Waals surface area contributed by atoms with Crippen LogP contribution in [0.2, 0.25) is 0 Å². The topological polar surface area (TPSA) is 26.0 Å². The molecule has 0 atom stereocenters. The third-order valence-electron chi connectivity index (χ3n) is 3.55. The first-order valence-electron chi connectivity index (χ1n) is 6.84. The van der Waals surface area contributed by atoms with E-state index in [1.165, 1.54) is 10.9 Å². The van der Waals surface area contributed by atoms with Crippen molar-refractivity contribution in [1.82, 2.24) is 4.98 Å². The fourth-order valence-electron chi connectivity index (χ4n) is 2.40. The fraction of sp³-hybridized carbons (Fsp3) is 0.111. The number of hydrogen-bond acceptors (Lipinski definition) is 2. The Hall–Kier alpha value is -1.95. The quantitative estimate of drug-likeness (QED) is 0.462. The Morgan fingerprint density at radius 1 is 1.00 bits per heavy atom. The van der Waals surface area contributed by atoms with Crippen LogP contribution in [-0.2, 0) is 7.05 Å². The number of hydrogen-bond donors (Lipinski definition) is 0. The van der Waals surface area contributed by atoms with E-state index in [0.29, 0.717) is 5.88 Å². The van der Waals surface area contributed by atoms with E-state index in [9.17, 15) is 0 Å². The third-order valence-corrected chi connectivity index (χ3v) is 3.55. The van der Waals surface area contributed by atoms with E-state index >= 15 is 0 Å². The van der Waals surface area contributed by atoms with Crippen molar-refractivity contribution in [2.45, 2.75) is 0 Å². The van der Waals surface area contributed by atoms with Gasteiger partial charge in [0, 0.05) is 35.4 Å². The van der Waals surface area contributed by atoms with Crippen LogP contribution in [0.3, 0.4) is 0 Å². The van der Waals surface area contributed by atoms with Crippen molar-refractivity contribution in [1.29, 1.82) is 0 Å². The van der Waals surface area contributed by atoms with E-state index in [-0.39, 0.29) is 24.0 Å². The summed E-state index contributed by atoms with van der Waals surface area (Å²) in [5, 5.41) is 1.23. The molecule has 0 unspecified atom stereocenters. The summed E-state index contributed by atoms with van der Waals surface area (Å²) in [5.74, 6) is 0.636. The first-order valence-corrected chi connectivity index (χ1v) is 6.84. The summed E-state index contributed by atoms with van der Waals surface area (Å²) in [4.78, 5) is 4.20. The molecule has 0 saturated carbocycles. The normalized spacial score (nSPS) is 10.6. The average Bonchev–Trinajstić information content (AvgIpc) is 2.55. The summed E-state index contributed by atoms with van der Waals surface area (Å²) in [6.07, 6.45) is 5.83. The Morgan fingerprint density at radius 2 is 1.82 bits per heavy atom. The van der Waals surface area contributed by atoms with Crippen LogP contribution in [0.15, 0.2) is 54.7 Å². The van der Waals surface area contributed by atoms with Gasteiger partial charge in [-0.15, -0.1) is 0 Å². The van der Waals surface area contributed by atoms with E-state index in [1.807, 2.05) is 18.2 Å². The van der Waals surface area contributed by atoms with Crippen LogP contribution in [0.1, 0.15) is 11.3 Å². The molecule has 4 heteroatoms. The highest BCUT2D eigenvalue weighted by molar-refractivity contribution is 5.77. The molecule has 3 aromatic rings. The van der Waals surface area contributed by atoms with Gasteiger partial charge in [-0.25, -0.2) is 4.98 Å². The van der Waals surface area contributed by atoms with Gasteiger partial charge >= 0.3 is 0 Å². The van der Waals surface area contributed by atoms with Gasteiger partial charge in [-0.3, -0.25) is 0 Å². The predicted octanol–water partition coefficient (Wildman–Crippen LogP) is 0.242. The van der Waals surface area contributed by atoms with Crippen molar-refractivity contribution in [3.63, 3.8) is 0 Å². The van der Waals surface area contributed by atoms with Gasteiger partial charge in [-0.1, -0.05) is 12.1 Å². The molecule has 2 heterocycles. The van der Waals surface area contributed by atoms with Gasteiger partial charge in [0.2, 0.25) is 17.1 Å².